The minimum atomic E-state index is -0.00638. The first-order chi connectivity index (χ1) is 10.3. The Morgan fingerprint density at radius 2 is 1.24 bits per heavy atom. The molecule has 1 heterocycles. The normalized spacial score (nSPS) is 29.9. The van der Waals surface area contributed by atoms with Crippen LogP contribution in [0.2, 0.25) is 0 Å². The van der Waals surface area contributed by atoms with Crippen LogP contribution in [-0.4, -0.2) is 30.8 Å². The van der Waals surface area contributed by atoms with Crippen LogP contribution in [-0.2, 0) is 4.79 Å². The average molecular weight is 291 g/mol. The molecule has 0 amide bonds. The lowest BCUT2D eigenvalue weighted by Crippen LogP contribution is -2.46. The van der Waals surface area contributed by atoms with Crippen molar-refractivity contribution in [3.8, 4) is 0 Å². The van der Waals surface area contributed by atoms with Gasteiger partial charge in [0.15, 0.2) is 0 Å². The number of likely N-dealkylation sites (tertiary alicyclic amines) is 1. The van der Waals surface area contributed by atoms with Crippen molar-refractivity contribution in [1.82, 2.24) is 4.90 Å². The number of nitrogens with zero attached hydrogens (tertiary/aromatic N) is 1. The lowest BCUT2D eigenvalue weighted by atomic mass is 9.68. The van der Waals surface area contributed by atoms with Gasteiger partial charge in [0.1, 0.15) is 6.29 Å². The number of hydrogen-bond donors (Lipinski definition) is 0. The highest BCUT2D eigenvalue weighted by molar-refractivity contribution is 5.59. The standard InChI is InChI=1S/C19H33NO/c21-17-19(10-4-1-2-5-11-19)16-20-14-12-18(13-15-20)8-6-3-7-9-18/h17H,1-16H2. The third kappa shape index (κ3) is 3.70. The van der Waals surface area contributed by atoms with Crippen LogP contribution in [0.15, 0.2) is 0 Å². The van der Waals surface area contributed by atoms with Crippen LogP contribution in [0.1, 0.15) is 83.5 Å². The van der Waals surface area contributed by atoms with E-state index in [4.69, 9.17) is 0 Å². The Bertz CT molecular complexity index is 327. The Hall–Kier alpha value is -0.370. The maximum atomic E-state index is 11.8. The zero-order valence-corrected chi connectivity index (χ0v) is 13.7. The molecular formula is C19H33NO. The van der Waals surface area contributed by atoms with Crippen LogP contribution >= 0.6 is 0 Å². The van der Waals surface area contributed by atoms with Gasteiger partial charge < -0.3 is 9.69 Å². The van der Waals surface area contributed by atoms with Crippen LogP contribution in [0.5, 0.6) is 0 Å². The molecule has 2 saturated carbocycles. The van der Waals surface area contributed by atoms with E-state index in [1.807, 2.05) is 0 Å². The molecule has 0 unspecified atom stereocenters. The first kappa shape index (κ1) is 15.5. The topological polar surface area (TPSA) is 20.3 Å². The molecule has 0 radical (unpaired) electrons. The van der Waals surface area contributed by atoms with Crippen LogP contribution in [0, 0.1) is 10.8 Å². The summed E-state index contributed by atoms with van der Waals surface area (Å²) in [6.45, 7) is 3.54. The van der Waals surface area contributed by atoms with Crippen LogP contribution < -0.4 is 0 Å². The molecule has 2 nitrogen and oxygen atoms in total. The summed E-state index contributed by atoms with van der Waals surface area (Å²) in [6, 6.07) is 0. The van der Waals surface area contributed by atoms with Crippen LogP contribution in [0.4, 0.5) is 0 Å². The minimum Gasteiger partial charge on any atom is -0.303 e. The zero-order valence-electron chi connectivity index (χ0n) is 13.7. The molecule has 1 spiro atoms. The molecule has 3 aliphatic rings. The molecule has 3 fully saturated rings. The fourth-order valence-electron chi connectivity index (χ4n) is 5.18. The van der Waals surface area contributed by atoms with Crippen LogP contribution in [0.25, 0.3) is 0 Å². The van der Waals surface area contributed by atoms with E-state index in [0.717, 1.165) is 19.4 Å². The summed E-state index contributed by atoms with van der Waals surface area (Å²) in [6.07, 6.45) is 18.9. The number of aldehydes is 1. The summed E-state index contributed by atoms with van der Waals surface area (Å²) in [5, 5.41) is 0. The second-order valence-corrected chi connectivity index (χ2v) is 8.23. The third-order valence-electron chi connectivity index (χ3n) is 6.72. The summed E-state index contributed by atoms with van der Waals surface area (Å²) in [5.41, 5.74) is 0.681. The number of hydrogen-bond acceptors (Lipinski definition) is 2. The summed E-state index contributed by atoms with van der Waals surface area (Å²) >= 11 is 0. The van der Waals surface area contributed by atoms with Gasteiger partial charge in [-0.05, 0) is 57.0 Å². The molecule has 0 aromatic carbocycles. The van der Waals surface area contributed by atoms with E-state index < -0.39 is 0 Å². The van der Waals surface area contributed by atoms with E-state index in [0.29, 0.717) is 5.41 Å². The van der Waals surface area contributed by atoms with E-state index in [-0.39, 0.29) is 5.41 Å². The van der Waals surface area contributed by atoms with Gasteiger partial charge in [-0.1, -0.05) is 44.9 Å². The maximum Gasteiger partial charge on any atom is 0.127 e. The lowest BCUT2D eigenvalue weighted by Gasteiger charge is -2.46. The van der Waals surface area contributed by atoms with E-state index in [2.05, 4.69) is 4.90 Å². The number of rotatable bonds is 3. The van der Waals surface area contributed by atoms with Gasteiger partial charge in [0, 0.05) is 12.0 Å². The fourth-order valence-corrected chi connectivity index (χ4v) is 5.18. The molecule has 0 aromatic heterocycles. The smallest absolute Gasteiger partial charge is 0.127 e. The quantitative estimate of drug-likeness (QED) is 0.560. The zero-order chi connectivity index (χ0) is 14.6. The molecule has 0 atom stereocenters. The molecule has 0 aromatic rings. The van der Waals surface area contributed by atoms with Crippen molar-refractivity contribution < 1.29 is 4.79 Å². The Labute approximate surface area is 130 Å². The summed E-state index contributed by atoms with van der Waals surface area (Å²) in [5.74, 6) is 0. The van der Waals surface area contributed by atoms with Crippen molar-refractivity contribution in [2.45, 2.75) is 83.5 Å². The first-order valence-corrected chi connectivity index (χ1v) is 9.45. The average Bonchev–Trinajstić information content (AvgIpc) is 2.77. The molecule has 0 bridgehead atoms. The molecule has 21 heavy (non-hydrogen) atoms. The highest BCUT2D eigenvalue weighted by atomic mass is 16.1. The fraction of sp³-hybridized carbons (Fsp3) is 0.947. The molecule has 120 valence electrons. The van der Waals surface area contributed by atoms with Crippen molar-refractivity contribution in [2.75, 3.05) is 19.6 Å². The lowest BCUT2D eigenvalue weighted by molar-refractivity contribution is -0.118. The predicted molar refractivity (Wildman–Crippen MR) is 87.4 cm³/mol. The molecule has 3 rings (SSSR count). The largest absolute Gasteiger partial charge is 0.303 e. The van der Waals surface area contributed by atoms with Crippen molar-refractivity contribution in [3.63, 3.8) is 0 Å². The van der Waals surface area contributed by atoms with Gasteiger partial charge in [-0.2, -0.15) is 0 Å². The maximum absolute atomic E-state index is 11.8. The van der Waals surface area contributed by atoms with E-state index in [1.165, 1.54) is 90.0 Å². The molecular weight excluding hydrogens is 258 g/mol. The SMILES string of the molecule is O=CC1(CN2CCC3(CCCCC3)CC2)CCCCCC1. The number of carbonyl (C=O) groups excluding carboxylic acids is 1. The summed E-state index contributed by atoms with van der Waals surface area (Å²) in [7, 11) is 0. The molecule has 1 saturated heterocycles. The Morgan fingerprint density at radius 3 is 1.81 bits per heavy atom. The second kappa shape index (κ2) is 6.81. The van der Waals surface area contributed by atoms with E-state index in [1.54, 1.807) is 0 Å². The van der Waals surface area contributed by atoms with Gasteiger partial charge in [0.05, 0.1) is 0 Å². The monoisotopic (exact) mass is 291 g/mol. The minimum absolute atomic E-state index is 0.00638. The summed E-state index contributed by atoms with van der Waals surface area (Å²) < 4.78 is 0. The molecule has 0 N–H and O–H groups in total. The highest BCUT2D eigenvalue weighted by Gasteiger charge is 2.38. The van der Waals surface area contributed by atoms with Gasteiger partial charge in [-0.3, -0.25) is 0 Å². The van der Waals surface area contributed by atoms with Crippen molar-refractivity contribution in [1.29, 1.82) is 0 Å². The highest BCUT2D eigenvalue weighted by Crippen LogP contribution is 2.45. The van der Waals surface area contributed by atoms with E-state index in [9.17, 15) is 4.79 Å². The van der Waals surface area contributed by atoms with Gasteiger partial charge in [0.2, 0.25) is 0 Å². The van der Waals surface area contributed by atoms with Crippen molar-refractivity contribution >= 4 is 6.29 Å². The van der Waals surface area contributed by atoms with Gasteiger partial charge in [0.25, 0.3) is 0 Å². The number of piperidine rings is 1. The van der Waals surface area contributed by atoms with Gasteiger partial charge in [-0.15, -0.1) is 0 Å². The molecule has 2 heteroatoms. The molecule has 1 aliphatic heterocycles. The predicted octanol–water partition coefficient (Wildman–Crippen LogP) is 4.57. The Kier molecular flexibility index (Phi) is 5.03. The molecule has 2 aliphatic carbocycles. The van der Waals surface area contributed by atoms with Gasteiger partial charge >= 0.3 is 0 Å². The first-order valence-electron chi connectivity index (χ1n) is 9.45. The number of carbonyl (C=O) groups is 1. The summed E-state index contributed by atoms with van der Waals surface area (Å²) in [4.78, 5) is 14.4. The van der Waals surface area contributed by atoms with Crippen LogP contribution in [0.3, 0.4) is 0 Å². The van der Waals surface area contributed by atoms with Gasteiger partial charge in [-0.25, -0.2) is 0 Å². The van der Waals surface area contributed by atoms with E-state index >= 15 is 0 Å². The van der Waals surface area contributed by atoms with Crippen molar-refractivity contribution in [2.24, 2.45) is 10.8 Å². The second-order valence-electron chi connectivity index (χ2n) is 8.23. The Morgan fingerprint density at radius 1 is 0.714 bits per heavy atom. The van der Waals surface area contributed by atoms with Crippen molar-refractivity contribution in [3.05, 3.63) is 0 Å². The third-order valence-corrected chi connectivity index (χ3v) is 6.72. The Balaban J connectivity index is 1.55.